The molecule has 0 saturated carbocycles. The molecule has 0 aliphatic carbocycles. The van der Waals surface area contributed by atoms with Crippen LogP contribution in [-0.2, 0) is 22.1 Å². The molecule has 2 aromatic heterocycles. The van der Waals surface area contributed by atoms with E-state index in [-0.39, 0.29) is 26.1 Å². The highest BCUT2D eigenvalue weighted by molar-refractivity contribution is 5.78. The standard InChI is InChI=1S/C23H29F3N4O4/c1-22(2,3)34-21(33)28-10-5-11-30(15-18(31)17-6-4-9-27-14-17)20(32)12-16-7-8-19(29-13-16)23(24,25)26/h4,6-9,13-14,18,31H,5,10-12,15H2,1-3H3,(H,28,33)/t18-/m1/s1. The molecule has 8 nitrogen and oxygen atoms in total. The summed E-state index contributed by atoms with van der Waals surface area (Å²) in [7, 11) is 0. The molecule has 0 aromatic carbocycles. The quantitative estimate of drug-likeness (QED) is 0.530. The predicted molar refractivity (Wildman–Crippen MR) is 118 cm³/mol. The van der Waals surface area contributed by atoms with Crippen molar-refractivity contribution in [1.82, 2.24) is 20.2 Å². The summed E-state index contributed by atoms with van der Waals surface area (Å²) in [6.45, 7) is 5.59. The predicted octanol–water partition coefficient (Wildman–Crippen LogP) is 3.51. The number of aromatic nitrogens is 2. The molecular weight excluding hydrogens is 453 g/mol. The van der Waals surface area contributed by atoms with Gasteiger partial charge in [0, 0.05) is 37.2 Å². The van der Waals surface area contributed by atoms with Crippen LogP contribution < -0.4 is 5.32 Å². The second kappa shape index (κ2) is 11.8. The number of nitrogens with one attached hydrogen (secondary N) is 1. The summed E-state index contributed by atoms with van der Waals surface area (Å²) in [5.41, 5.74) is -0.856. The van der Waals surface area contributed by atoms with Crippen LogP contribution in [0.15, 0.2) is 42.9 Å². The van der Waals surface area contributed by atoms with Gasteiger partial charge in [-0.25, -0.2) is 4.79 Å². The van der Waals surface area contributed by atoms with Crippen LogP contribution in [0, 0.1) is 0 Å². The third kappa shape index (κ3) is 9.34. The lowest BCUT2D eigenvalue weighted by molar-refractivity contribution is -0.141. The number of carbonyl (C=O) groups is 2. The Hall–Kier alpha value is -3.21. The molecule has 2 aromatic rings. The maximum atomic E-state index is 12.9. The van der Waals surface area contributed by atoms with E-state index < -0.39 is 35.6 Å². The lowest BCUT2D eigenvalue weighted by atomic mass is 10.1. The van der Waals surface area contributed by atoms with E-state index in [0.29, 0.717) is 17.5 Å². The molecule has 0 aliphatic heterocycles. The van der Waals surface area contributed by atoms with Crippen LogP contribution in [0.25, 0.3) is 0 Å². The zero-order valence-corrected chi connectivity index (χ0v) is 19.3. The lowest BCUT2D eigenvalue weighted by Crippen LogP contribution is -2.39. The van der Waals surface area contributed by atoms with Crippen molar-refractivity contribution >= 4 is 12.0 Å². The van der Waals surface area contributed by atoms with Crippen molar-refractivity contribution in [2.24, 2.45) is 0 Å². The van der Waals surface area contributed by atoms with Crippen molar-refractivity contribution in [1.29, 1.82) is 0 Å². The number of hydrogen-bond donors (Lipinski definition) is 2. The number of alkyl carbamates (subject to hydrolysis) is 1. The molecular formula is C23H29F3N4O4. The first-order valence-electron chi connectivity index (χ1n) is 10.7. The summed E-state index contributed by atoms with van der Waals surface area (Å²) < 4.78 is 43.3. The SMILES string of the molecule is CC(C)(C)OC(=O)NCCCN(C[C@@H](O)c1cccnc1)C(=O)Cc1ccc(C(F)(F)F)nc1. The molecule has 2 amide bonds. The van der Waals surface area contributed by atoms with E-state index in [2.05, 4.69) is 15.3 Å². The third-order valence-electron chi connectivity index (χ3n) is 4.56. The molecule has 2 rings (SSSR count). The van der Waals surface area contributed by atoms with Gasteiger partial charge in [-0.3, -0.25) is 14.8 Å². The fourth-order valence-corrected chi connectivity index (χ4v) is 2.96. The largest absolute Gasteiger partial charge is 0.444 e. The van der Waals surface area contributed by atoms with Gasteiger partial charge in [0.25, 0.3) is 0 Å². The first-order valence-corrected chi connectivity index (χ1v) is 10.7. The monoisotopic (exact) mass is 482 g/mol. The van der Waals surface area contributed by atoms with Gasteiger partial charge in [-0.2, -0.15) is 13.2 Å². The summed E-state index contributed by atoms with van der Waals surface area (Å²) in [4.78, 5) is 33.4. The lowest BCUT2D eigenvalue weighted by Gasteiger charge is -2.26. The number of pyridine rings is 2. The average Bonchev–Trinajstić information content (AvgIpc) is 2.74. The first kappa shape index (κ1) is 27.0. The molecule has 0 fully saturated rings. The van der Waals surface area contributed by atoms with Crippen LogP contribution in [0.2, 0.25) is 0 Å². The number of ether oxygens (including phenoxy) is 1. The maximum absolute atomic E-state index is 12.9. The highest BCUT2D eigenvalue weighted by atomic mass is 19.4. The van der Waals surface area contributed by atoms with E-state index in [0.717, 1.165) is 12.3 Å². The average molecular weight is 483 g/mol. The van der Waals surface area contributed by atoms with Crippen LogP contribution in [0.1, 0.15) is 50.1 Å². The van der Waals surface area contributed by atoms with Crippen LogP contribution in [-0.4, -0.2) is 57.2 Å². The fourth-order valence-electron chi connectivity index (χ4n) is 2.96. The number of hydrogen-bond acceptors (Lipinski definition) is 6. The minimum absolute atomic E-state index is 0.0506. The number of rotatable bonds is 9. The molecule has 0 unspecified atom stereocenters. The van der Waals surface area contributed by atoms with Gasteiger partial charge >= 0.3 is 12.3 Å². The van der Waals surface area contributed by atoms with E-state index in [9.17, 15) is 27.9 Å². The van der Waals surface area contributed by atoms with Crippen molar-refractivity contribution in [2.45, 2.75) is 51.5 Å². The molecule has 0 radical (unpaired) electrons. The topological polar surface area (TPSA) is 105 Å². The van der Waals surface area contributed by atoms with Crippen molar-refractivity contribution in [3.05, 3.63) is 59.7 Å². The number of alkyl halides is 3. The van der Waals surface area contributed by atoms with Gasteiger partial charge in [0.2, 0.25) is 5.91 Å². The van der Waals surface area contributed by atoms with E-state index in [4.69, 9.17) is 4.74 Å². The Kier molecular flexibility index (Phi) is 9.36. The Labute approximate surface area is 196 Å². The summed E-state index contributed by atoms with van der Waals surface area (Å²) >= 11 is 0. The third-order valence-corrected chi connectivity index (χ3v) is 4.56. The molecule has 0 spiro atoms. The van der Waals surface area contributed by atoms with Gasteiger partial charge < -0.3 is 20.1 Å². The van der Waals surface area contributed by atoms with Crippen LogP contribution in [0.4, 0.5) is 18.0 Å². The van der Waals surface area contributed by atoms with Crippen LogP contribution >= 0.6 is 0 Å². The van der Waals surface area contributed by atoms with E-state index >= 15 is 0 Å². The molecule has 2 heterocycles. The van der Waals surface area contributed by atoms with E-state index in [1.165, 1.54) is 17.2 Å². The van der Waals surface area contributed by atoms with Gasteiger partial charge in [0.1, 0.15) is 11.3 Å². The maximum Gasteiger partial charge on any atom is 0.433 e. The summed E-state index contributed by atoms with van der Waals surface area (Å²) in [5, 5.41) is 13.1. The highest BCUT2D eigenvalue weighted by Crippen LogP contribution is 2.27. The Bertz CT molecular complexity index is 932. The first-order chi connectivity index (χ1) is 15.8. The molecule has 0 aliphatic rings. The molecule has 34 heavy (non-hydrogen) atoms. The number of amides is 2. The van der Waals surface area contributed by atoms with Gasteiger partial charge in [-0.1, -0.05) is 12.1 Å². The fraction of sp³-hybridized carbons (Fsp3) is 0.478. The van der Waals surface area contributed by atoms with Gasteiger partial charge in [-0.05, 0) is 44.9 Å². The summed E-state index contributed by atoms with van der Waals surface area (Å²) in [6.07, 6.45) is -1.93. The second-order valence-corrected chi connectivity index (χ2v) is 8.65. The van der Waals surface area contributed by atoms with Crippen LogP contribution in [0.5, 0.6) is 0 Å². The Morgan fingerprint density at radius 1 is 1.18 bits per heavy atom. The summed E-state index contributed by atoms with van der Waals surface area (Å²) in [5.74, 6) is -0.401. The molecule has 1 atom stereocenters. The Balaban J connectivity index is 2.02. The zero-order chi connectivity index (χ0) is 25.4. The van der Waals surface area contributed by atoms with E-state index in [1.807, 2.05) is 0 Å². The van der Waals surface area contributed by atoms with Crippen molar-refractivity contribution < 1.29 is 32.6 Å². The van der Waals surface area contributed by atoms with E-state index in [1.54, 1.807) is 39.1 Å². The number of aliphatic hydroxyl groups is 1. The number of halogens is 3. The minimum atomic E-state index is -4.57. The number of carbonyl (C=O) groups excluding carboxylic acids is 2. The van der Waals surface area contributed by atoms with Gasteiger partial charge in [0.05, 0.1) is 19.1 Å². The van der Waals surface area contributed by atoms with Crippen molar-refractivity contribution in [3.8, 4) is 0 Å². The highest BCUT2D eigenvalue weighted by Gasteiger charge is 2.32. The summed E-state index contributed by atoms with van der Waals surface area (Å²) in [6, 6.07) is 5.35. The number of aliphatic hydroxyl groups excluding tert-OH is 1. The minimum Gasteiger partial charge on any atom is -0.444 e. The Morgan fingerprint density at radius 2 is 1.91 bits per heavy atom. The molecule has 0 saturated heterocycles. The molecule has 0 bridgehead atoms. The smallest absolute Gasteiger partial charge is 0.433 e. The normalized spacial score (nSPS) is 12.7. The van der Waals surface area contributed by atoms with Gasteiger partial charge in [-0.15, -0.1) is 0 Å². The van der Waals surface area contributed by atoms with Crippen LogP contribution in [0.3, 0.4) is 0 Å². The number of nitrogens with zero attached hydrogens (tertiary/aromatic N) is 3. The van der Waals surface area contributed by atoms with Crippen molar-refractivity contribution in [2.75, 3.05) is 19.6 Å². The zero-order valence-electron chi connectivity index (χ0n) is 19.3. The molecule has 11 heteroatoms. The van der Waals surface area contributed by atoms with Gasteiger partial charge in [0.15, 0.2) is 0 Å². The van der Waals surface area contributed by atoms with Crippen molar-refractivity contribution in [3.63, 3.8) is 0 Å². The molecule has 186 valence electrons. The second-order valence-electron chi connectivity index (χ2n) is 8.65. The Morgan fingerprint density at radius 3 is 2.47 bits per heavy atom. The molecule has 2 N–H and O–H groups in total.